The maximum Gasteiger partial charge on any atom is 0.255 e. The highest BCUT2D eigenvalue weighted by Gasteiger charge is 2.49. The quantitative estimate of drug-likeness (QED) is 0.795. The van der Waals surface area contributed by atoms with Crippen molar-refractivity contribution >= 4 is 11.8 Å². The second-order valence-corrected chi connectivity index (χ2v) is 6.23. The molecule has 2 aliphatic rings. The van der Waals surface area contributed by atoms with Crippen LogP contribution in [0.25, 0.3) is 0 Å². The molecular weight excluding hydrogens is 294 g/mol. The van der Waals surface area contributed by atoms with Crippen molar-refractivity contribution in [2.45, 2.75) is 18.4 Å². The van der Waals surface area contributed by atoms with Crippen molar-refractivity contribution in [2.24, 2.45) is 0 Å². The molecule has 1 aromatic heterocycles. The number of nitriles is 1. The van der Waals surface area contributed by atoms with E-state index in [0.717, 1.165) is 6.54 Å². The predicted molar refractivity (Wildman–Crippen MR) is 83.5 cm³/mol. The number of aromatic nitrogens is 1. The Morgan fingerprint density at radius 1 is 1.35 bits per heavy atom. The molecule has 0 saturated carbocycles. The molecule has 7 nitrogen and oxygen atoms in total. The van der Waals surface area contributed by atoms with Crippen molar-refractivity contribution in [3.05, 3.63) is 24.0 Å². The van der Waals surface area contributed by atoms with Gasteiger partial charge in [0.2, 0.25) is 5.91 Å². The van der Waals surface area contributed by atoms with E-state index in [1.54, 1.807) is 28.3 Å². The van der Waals surface area contributed by atoms with Gasteiger partial charge in [0.1, 0.15) is 12.1 Å². The van der Waals surface area contributed by atoms with Gasteiger partial charge in [0.15, 0.2) is 0 Å². The summed E-state index contributed by atoms with van der Waals surface area (Å²) in [7, 11) is 1.96. The number of H-pyrrole nitrogens is 1. The Morgan fingerprint density at radius 3 is 2.70 bits per heavy atom. The predicted octanol–water partition coefficient (Wildman–Crippen LogP) is 0.287. The monoisotopic (exact) mass is 315 g/mol. The molecule has 3 heterocycles. The van der Waals surface area contributed by atoms with Gasteiger partial charge >= 0.3 is 0 Å². The number of nitrogens with one attached hydrogen (secondary N) is 1. The average Bonchev–Trinajstić information content (AvgIpc) is 3.10. The Balaban J connectivity index is 1.72. The molecule has 0 aliphatic carbocycles. The van der Waals surface area contributed by atoms with E-state index in [9.17, 15) is 9.59 Å². The topological polar surface area (TPSA) is 83.4 Å². The highest BCUT2D eigenvalue weighted by molar-refractivity contribution is 5.94. The van der Waals surface area contributed by atoms with Crippen molar-refractivity contribution in [3.63, 3.8) is 0 Å². The maximum atomic E-state index is 12.8. The van der Waals surface area contributed by atoms with Gasteiger partial charge in [-0.25, -0.2) is 0 Å². The lowest BCUT2D eigenvalue weighted by Gasteiger charge is -2.51. The molecule has 0 unspecified atom stereocenters. The molecule has 1 aromatic rings. The number of carbonyl (C=O) groups is 2. The van der Waals surface area contributed by atoms with E-state index in [4.69, 9.17) is 5.26 Å². The van der Waals surface area contributed by atoms with Crippen LogP contribution in [0, 0.1) is 11.3 Å². The Hall–Kier alpha value is -2.33. The van der Waals surface area contributed by atoms with E-state index in [-0.39, 0.29) is 18.4 Å². The standard InChI is InChI=1S/C16H21N5O2/c1-19-10-11-21(9-5-17)15(23)16(19)3-7-20(8-4-16)14(22)13-2-6-18-12-13/h2,6,12,18H,3-4,7-11H2,1H3. The van der Waals surface area contributed by atoms with Crippen LogP contribution in [0.15, 0.2) is 18.5 Å². The highest BCUT2D eigenvalue weighted by atomic mass is 16.2. The summed E-state index contributed by atoms with van der Waals surface area (Å²) in [5, 5.41) is 8.90. The van der Waals surface area contributed by atoms with Crippen LogP contribution in [0.1, 0.15) is 23.2 Å². The van der Waals surface area contributed by atoms with Gasteiger partial charge in [-0.1, -0.05) is 0 Å². The van der Waals surface area contributed by atoms with Crippen molar-refractivity contribution in [1.29, 1.82) is 5.26 Å². The Morgan fingerprint density at radius 2 is 2.09 bits per heavy atom. The Kier molecular flexibility index (Phi) is 4.09. The fraction of sp³-hybridized carbons (Fsp3) is 0.562. The van der Waals surface area contributed by atoms with Crippen LogP contribution in [0.3, 0.4) is 0 Å². The van der Waals surface area contributed by atoms with E-state index in [1.807, 2.05) is 7.05 Å². The zero-order chi connectivity index (χ0) is 16.4. The number of hydrogen-bond acceptors (Lipinski definition) is 4. The van der Waals surface area contributed by atoms with Gasteiger partial charge < -0.3 is 14.8 Å². The molecule has 2 amide bonds. The van der Waals surface area contributed by atoms with Gasteiger partial charge in [-0.15, -0.1) is 0 Å². The van der Waals surface area contributed by atoms with E-state index in [1.165, 1.54) is 0 Å². The lowest BCUT2D eigenvalue weighted by Crippen LogP contribution is -2.68. The maximum absolute atomic E-state index is 12.8. The van der Waals surface area contributed by atoms with E-state index in [2.05, 4.69) is 16.0 Å². The number of piperazine rings is 1. The fourth-order valence-electron chi connectivity index (χ4n) is 3.59. The number of carbonyl (C=O) groups excluding carboxylic acids is 2. The van der Waals surface area contributed by atoms with Crippen LogP contribution >= 0.6 is 0 Å². The van der Waals surface area contributed by atoms with Gasteiger partial charge in [-0.2, -0.15) is 5.26 Å². The number of rotatable bonds is 2. The molecular formula is C16H21N5O2. The van der Waals surface area contributed by atoms with E-state index >= 15 is 0 Å². The molecule has 0 bridgehead atoms. The number of nitrogens with zero attached hydrogens (tertiary/aromatic N) is 4. The number of aromatic amines is 1. The molecule has 1 spiro atoms. The van der Waals surface area contributed by atoms with Crippen molar-refractivity contribution < 1.29 is 9.59 Å². The summed E-state index contributed by atoms with van der Waals surface area (Å²) in [6.07, 6.45) is 4.65. The Bertz CT molecular complexity index is 625. The molecule has 3 rings (SSSR count). The SMILES string of the molecule is CN1CCN(CC#N)C(=O)C12CCN(C(=O)c1cc[nH]c1)CC2. The molecule has 23 heavy (non-hydrogen) atoms. The second-order valence-electron chi connectivity index (χ2n) is 6.23. The number of piperidine rings is 1. The van der Waals surface area contributed by atoms with Crippen LogP contribution < -0.4 is 0 Å². The van der Waals surface area contributed by atoms with E-state index < -0.39 is 5.54 Å². The summed E-state index contributed by atoms with van der Waals surface area (Å²) in [6, 6.07) is 3.83. The van der Waals surface area contributed by atoms with Crippen LogP contribution in [0.2, 0.25) is 0 Å². The summed E-state index contributed by atoms with van der Waals surface area (Å²) in [5.41, 5.74) is 0.0831. The fourth-order valence-corrected chi connectivity index (χ4v) is 3.59. The minimum Gasteiger partial charge on any atom is -0.367 e. The summed E-state index contributed by atoms with van der Waals surface area (Å²) in [4.78, 5) is 33.7. The minimum absolute atomic E-state index is 0.000826. The first-order valence-corrected chi connectivity index (χ1v) is 7.88. The number of hydrogen-bond donors (Lipinski definition) is 1. The van der Waals surface area contributed by atoms with Crippen molar-refractivity contribution in [1.82, 2.24) is 19.7 Å². The molecule has 0 atom stereocenters. The molecule has 2 fully saturated rings. The molecule has 2 saturated heterocycles. The van der Waals surface area contributed by atoms with Gasteiger partial charge in [-0.3, -0.25) is 14.5 Å². The first kappa shape index (κ1) is 15.6. The zero-order valence-electron chi connectivity index (χ0n) is 13.3. The van der Waals surface area contributed by atoms with Crippen LogP contribution in [-0.4, -0.2) is 76.8 Å². The van der Waals surface area contributed by atoms with Gasteiger partial charge in [-0.05, 0) is 26.0 Å². The summed E-state index contributed by atoms with van der Waals surface area (Å²) >= 11 is 0. The molecule has 2 aliphatic heterocycles. The van der Waals surface area contributed by atoms with Gasteiger partial charge in [0.05, 0.1) is 11.6 Å². The lowest BCUT2D eigenvalue weighted by atomic mass is 9.82. The lowest BCUT2D eigenvalue weighted by molar-refractivity contribution is -0.152. The summed E-state index contributed by atoms with van der Waals surface area (Å²) < 4.78 is 0. The van der Waals surface area contributed by atoms with Crippen molar-refractivity contribution in [2.75, 3.05) is 39.8 Å². The first-order chi connectivity index (χ1) is 11.1. The molecule has 0 aromatic carbocycles. The highest BCUT2D eigenvalue weighted by Crippen LogP contribution is 2.33. The third-order valence-corrected chi connectivity index (χ3v) is 5.11. The van der Waals surface area contributed by atoms with Gasteiger partial charge in [0.25, 0.3) is 5.91 Å². The van der Waals surface area contributed by atoms with E-state index in [0.29, 0.717) is 38.0 Å². The summed E-state index contributed by atoms with van der Waals surface area (Å²) in [5.74, 6) is 0.0300. The Labute approximate surface area is 135 Å². The number of amides is 2. The number of likely N-dealkylation sites (N-methyl/N-ethyl adjacent to an activating group) is 1. The molecule has 7 heteroatoms. The third kappa shape index (κ3) is 2.59. The third-order valence-electron chi connectivity index (χ3n) is 5.11. The molecule has 122 valence electrons. The van der Waals surface area contributed by atoms with Crippen LogP contribution in [-0.2, 0) is 4.79 Å². The molecule has 1 N–H and O–H groups in total. The zero-order valence-corrected chi connectivity index (χ0v) is 13.3. The van der Waals surface area contributed by atoms with Crippen LogP contribution in [0.4, 0.5) is 0 Å². The average molecular weight is 315 g/mol. The van der Waals surface area contributed by atoms with Crippen molar-refractivity contribution in [3.8, 4) is 6.07 Å². The van der Waals surface area contributed by atoms with Gasteiger partial charge in [0, 0.05) is 38.6 Å². The first-order valence-electron chi connectivity index (χ1n) is 7.88. The smallest absolute Gasteiger partial charge is 0.255 e. The van der Waals surface area contributed by atoms with Crippen LogP contribution in [0.5, 0.6) is 0 Å². The summed E-state index contributed by atoms with van der Waals surface area (Å²) in [6.45, 7) is 2.61. The number of likely N-dealkylation sites (tertiary alicyclic amines) is 1. The minimum atomic E-state index is -0.565. The second kappa shape index (κ2) is 6.05. The largest absolute Gasteiger partial charge is 0.367 e. The normalized spacial score (nSPS) is 21.5. The molecule has 0 radical (unpaired) electrons.